The molecule has 0 N–H and O–H groups in total. The molecule has 1 heterocycles. The zero-order chi connectivity index (χ0) is 13.3. The summed E-state index contributed by atoms with van der Waals surface area (Å²) in [6.07, 6.45) is 0.543. The largest absolute Gasteiger partial charge is 0.377 e. The molecule has 5 nitrogen and oxygen atoms in total. The van der Waals surface area contributed by atoms with Crippen LogP contribution in [0, 0.1) is 0 Å². The van der Waals surface area contributed by atoms with Crippen molar-refractivity contribution in [3.05, 3.63) is 34.7 Å². The highest BCUT2D eigenvalue weighted by molar-refractivity contribution is 5.81. The maximum Gasteiger partial charge on any atom is 0.335 e. The Labute approximate surface area is 105 Å². The highest BCUT2D eigenvalue weighted by Crippen LogP contribution is 2.16. The first-order chi connectivity index (χ1) is 8.50. The number of benzene rings is 1. The first kappa shape index (κ1) is 12.6. The van der Waals surface area contributed by atoms with Crippen LogP contribution in [0.5, 0.6) is 0 Å². The molecule has 0 spiro atoms. The second kappa shape index (κ2) is 4.42. The predicted octanol–water partition coefficient (Wildman–Crippen LogP) is 1.27. The van der Waals surface area contributed by atoms with E-state index in [4.69, 9.17) is 4.74 Å². The van der Waals surface area contributed by atoms with Gasteiger partial charge in [0.1, 0.15) is 0 Å². The van der Waals surface area contributed by atoms with Crippen molar-refractivity contribution in [3.63, 3.8) is 0 Å². The van der Waals surface area contributed by atoms with Crippen molar-refractivity contribution in [1.29, 1.82) is 0 Å². The second-order valence-corrected chi connectivity index (χ2v) is 4.80. The monoisotopic (exact) mass is 248 g/mol. The minimum Gasteiger partial charge on any atom is -0.377 e. The summed E-state index contributed by atoms with van der Waals surface area (Å²) in [6.45, 7) is 4.18. The fraction of sp³-hybridized carbons (Fsp3) is 0.385. The fourth-order valence-corrected chi connectivity index (χ4v) is 1.93. The van der Waals surface area contributed by atoms with Crippen LogP contribution < -0.4 is 5.69 Å². The van der Waals surface area contributed by atoms with E-state index in [0.29, 0.717) is 18.5 Å². The summed E-state index contributed by atoms with van der Waals surface area (Å²) in [7, 11) is 1.60. The van der Waals surface area contributed by atoms with E-state index in [2.05, 4.69) is 0 Å². The maximum absolute atomic E-state index is 12.2. The lowest BCUT2D eigenvalue weighted by Crippen LogP contribution is -2.35. The molecule has 0 atom stereocenters. The molecule has 1 aromatic carbocycles. The molecule has 2 rings (SSSR count). The van der Waals surface area contributed by atoms with Crippen molar-refractivity contribution in [1.82, 2.24) is 9.13 Å². The van der Waals surface area contributed by atoms with E-state index in [1.54, 1.807) is 23.8 Å². The van der Waals surface area contributed by atoms with E-state index in [1.807, 2.05) is 26.0 Å². The van der Waals surface area contributed by atoms with Gasteiger partial charge in [-0.3, -0.25) is 9.36 Å². The van der Waals surface area contributed by atoms with Crippen molar-refractivity contribution < 1.29 is 9.53 Å². The zero-order valence-corrected chi connectivity index (χ0v) is 10.7. The van der Waals surface area contributed by atoms with Crippen LogP contribution in [0.4, 0.5) is 0 Å². The standard InChI is InChI=1S/C13H16N2O3/c1-13(2,18-3)8-14-10-6-4-5-7-11(10)15(9-16)12(14)17/h4-7,9H,8H2,1-3H3. The van der Waals surface area contributed by atoms with Crippen LogP contribution in [0.3, 0.4) is 0 Å². The molecule has 0 bridgehead atoms. The second-order valence-electron chi connectivity index (χ2n) is 4.80. The first-order valence-electron chi connectivity index (χ1n) is 5.70. The number of carbonyl (C=O) groups is 1. The number of rotatable bonds is 4. The Kier molecular flexibility index (Phi) is 3.09. The van der Waals surface area contributed by atoms with Crippen LogP contribution in [0.1, 0.15) is 13.8 Å². The van der Waals surface area contributed by atoms with Gasteiger partial charge >= 0.3 is 5.69 Å². The summed E-state index contributed by atoms with van der Waals surface area (Å²) in [6, 6.07) is 7.21. The smallest absolute Gasteiger partial charge is 0.335 e. The summed E-state index contributed by atoms with van der Waals surface area (Å²) >= 11 is 0. The Morgan fingerprint density at radius 3 is 2.44 bits per heavy atom. The van der Waals surface area contributed by atoms with E-state index in [9.17, 15) is 9.59 Å². The molecule has 0 unspecified atom stereocenters. The lowest BCUT2D eigenvalue weighted by Gasteiger charge is -2.23. The average molecular weight is 248 g/mol. The molecule has 18 heavy (non-hydrogen) atoms. The Morgan fingerprint density at radius 1 is 1.28 bits per heavy atom. The Hall–Kier alpha value is -1.88. The van der Waals surface area contributed by atoms with Crippen LogP contribution in [-0.4, -0.2) is 28.3 Å². The van der Waals surface area contributed by atoms with Crippen molar-refractivity contribution in [2.75, 3.05) is 7.11 Å². The van der Waals surface area contributed by atoms with Gasteiger partial charge in [-0.05, 0) is 26.0 Å². The van der Waals surface area contributed by atoms with Gasteiger partial charge in [0, 0.05) is 7.11 Å². The Bertz CT molecular complexity index is 637. The highest BCUT2D eigenvalue weighted by atomic mass is 16.5. The summed E-state index contributed by atoms with van der Waals surface area (Å²) in [5, 5.41) is 0. The van der Waals surface area contributed by atoms with Gasteiger partial charge in [-0.1, -0.05) is 12.1 Å². The molecule has 1 aromatic heterocycles. The lowest BCUT2D eigenvalue weighted by molar-refractivity contribution is 0.00829. The summed E-state index contributed by atoms with van der Waals surface area (Å²) in [4.78, 5) is 23.2. The first-order valence-corrected chi connectivity index (χ1v) is 5.70. The van der Waals surface area contributed by atoms with Crippen molar-refractivity contribution >= 4 is 17.4 Å². The fourth-order valence-electron chi connectivity index (χ4n) is 1.93. The molecule has 2 aromatic rings. The van der Waals surface area contributed by atoms with Crippen molar-refractivity contribution in [2.24, 2.45) is 0 Å². The van der Waals surface area contributed by atoms with E-state index in [0.717, 1.165) is 10.1 Å². The van der Waals surface area contributed by atoms with Crippen LogP contribution in [0.2, 0.25) is 0 Å². The third kappa shape index (κ3) is 1.97. The average Bonchev–Trinajstić information content (AvgIpc) is 2.62. The number of methoxy groups -OCH3 is 1. The number of para-hydroxylation sites is 2. The predicted molar refractivity (Wildman–Crippen MR) is 69.4 cm³/mol. The molecule has 0 amide bonds. The zero-order valence-electron chi connectivity index (χ0n) is 10.7. The van der Waals surface area contributed by atoms with Crippen LogP contribution >= 0.6 is 0 Å². The SMILES string of the molecule is COC(C)(C)Cn1c(=O)n(C=O)c2ccccc21. The summed E-state index contributed by atoms with van der Waals surface area (Å²) in [5.41, 5.74) is 0.544. The van der Waals surface area contributed by atoms with Crippen LogP contribution in [0.15, 0.2) is 29.1 Å². The molecule has 0 radical (unpaired) electrons. The molecule has 0 aliphatic heterocycles. The number of nitrogens with zero attached hydrogens (tertiary/aromatic N) is 2. The molecule has 5 heteroatoms. The van der Waals surface area contributed by atoms with Gasteiger partial charge in [-0.2, -0.15) is 0 Å². The number of hydrogen-bond acceptors (Lipinski definition) is 3. The highest BCUT2D eigenvalue weighted by Gasteiger charge is 2.21. The Morgan fingerprint density at radius 2 is 1.89 bits per heavy atom. The molecular weight excluding hydrogens is 232 g/mol. The number of ether oxygens (including phenoxy) is 1. The quantitative estimate of drug-likeness (QED) is 0.765. The minimum absolute atomic E-state index is 0.337. The number of carbonyl (C=O) groups excluding carboxylic acids is 1. The minimum atomic E-state index is -0.471. The van der Waals surface area contributed by atoms with Crippen molar-refractivity contribution in [3.8, 4) is 0 Å². The number of fused-ring (bicyclic) bond motifs is 1. The molecule has 0 aliphatic carbocycles. The van der Waals surface area contributed by atoms with Crippen LogP contribution in [0.25, 0.3) is 11.0 Å². The molecule has 96 valence electrons. The van der Waals surface area contributed by atoms with E-state index in [1.165, 1.54) is 0 Å². The lowest BCUT2D eigenvalue weighted by atomic mass is 10.1. The summed E-state index contributed by atoms with van der Waals surface area (Å²) < 4.78 is 8.01. The normalized spacial score (nSPS) is 11.9. The molecule has 0 saturated heterocycles. The van der Waals surface area contributed by atoms with Gasteiger partial charge in [0.05, 0.1) is 23.2 Å². The van der Waals surface area contributed by atoms with Gasteiger partial charge in [0.15, 0.2) is 0 Å². The number of aromatic nitrogens is 2. The van der Waals surface area contributed by atoms with Crippen LogP contribution in [-0.2, 0) is 16.1 Å². The molecule has 0 aliphatic rings. The van der Waals surface area contributed by atoms with Crippen molar-refractivity contribution in [2.45, 2.75) is 26.0 Å². The topological polar surface area (TPSA) is 53.2 Å². The van der Waals surface area contributed by atoms with E-state index < -0.39 is 5.60 Å². The van der Waals surface area contributed by atoms with Gasteiger partial charge in [0.25, 0.3) is 0 Å². The molecular formula is C13H16N2O3. The van der Waals surface area contributed by atoms with Gasteiger partial charge in [-0.25, -0.2) is 9.36 Å². The summed E-state index contributed by atoms with van der Waals surface area (Å²) in [5.74, 6) is 0. The number of hydrogen-bond donors (Lipinski definition) is 0. The van der Waals surface area contributed by atoms with Gasteiger partial charge in [0.2, 0.25) is 6.41 Å². The van der Waals surface area contributed by atoms with Gasteiger partial charge < -0.3 is 4.74 Å². The molecule has 0 fully saturated rings. The Balaban J connectivity index is 2.68. The molecule has 0 saturated carbocycles. The van der Waals surface area contributed by atoms with Gasteiger partial charge in [-0.15, -0.1) is 0 Å². The third-order valence-corrected chi connectivity index (χ3v) is 3.07. The maximum atomic E-state index is 12.2. The number of imidazole rings is 1. The van der Waals surface area contributed by atoms with E-state index >= 15 is 0 Å². The third-order valence-electron chi connectivity index (χ3n) is 3.07. The van der Waals surface area contributed by atoms with E-state index in [-0.39, 0.29) is 5.69 Å².